The Kier molecular flexibility index (Phi) is 4.71. The topological polar surface area (TPSA) is 116 Å². The van der Waals surface area contributed by atoms with Gasteiger partial charge >= 0.3 is 29.6 Å². The van der Waals surface area contributed by atoms with Crippen molar-refractivity contribution in [2.45, 2.75) is 29.5 Å². The van der Waals surface area contributed by atoms with Crippen molar-refractivity contribution in [1.82, 2.24) is 10.4 Å². The van der Waals surface area contributed by atoms with E-state index in [0.717, 1.165) is 4.90 Å². The predicted octanol–water partition coefficient (Wildman–Crippen LogP) is -5.99. The molecule has 0 aromatic rings. The Hall–Kier alpha value is -0.190. The molecule has 3 atom stereocenters. The van der Waals surface area contributed by atoms with E-state index in [1.54, 1.807) is 0 Å². The van der Waals surface area contributed by atoms with Crippen LogP contribution >= 0.6 is 0 Å². The maximum absolute atomic E-state index is 12.3. The molecule has 0 aromatic carbocycles. The summed E-state index contributed by atoms with van der Waals surface area (Å²) in [6.45, 7) is 1.05. The van der Waals surface area contributed by atoms with Crippen molar-refractivity contribution in [2.75, 3.05) is 13.7 Å². The molecule has 10 heteroatoms. The quantitative estimate of drug-likeness (QED) is 0.312. The van der Waals surface area contributed by atoms with Crippen LogP contribution in [0.15, 0.2) is 0 Å². The van der Waals surface area contributed by atoms with Crippen molar-refractivity contribution < 1.29 is 57.5 Å². The smallest absolute Gasteiger partial charge is 0.548 e. The molecule has 2 heterocycles. The summed E-state index contributed by atoms with van der Waals surface area (Å²) >= 11 is 0. The number of hydrogen-bond donors (Lipinski definition) is 1. The van der Waals surface area contributed by atoms with E-state index in [1.807, 2.05) is 0 Å². The number of amides is 1. The Morgan fingerprint density at radius 2 is 2.21 bits per heavy atom. The van der Waals surface area contributed by atoms with Crippen molar-refractivity contribution >= 4 is 21.7 Å². The summed E-state index contributed by atoms with van der Waals surface area (Å²) in [6.07, 6.45) is -0.172. The van der Waals surface area contributed by atoms with E-state index in [4.69, 9.17) is 0 Å². The number of carboxylic acid groups (broad SMARTS) is 1. The number of carbonyl (C=O) groups is 2. The van der Waals surface area contributed by atoms with Crippen LogP contribution in [0.25, 0.3) is 0 Å². The summed E-state index contributed by atoms with van der Waals surface area (Å²) in [7, 11) is -2.49. The van der Waals surface area contributed by atoms with Crippen LogP contribution in [0.2, 0.25) is 0 Å². The first-order valence-corrected chi connectivity index (χ1v) is 6.83. The molecule has 0 aliphatic carbocycles. The molecule has 2 aliphatic rings. The molecule has 1 amide bonds. The Balaban J connectivity index is 0.00000180. The fourth-order valence-electron chi connectivity index (χ4n) is 2.51. The minimum absolute atomic E-state index is 0. The molecule has 0 saturated carbocycles. The molecule has 2 rings (SSSR count). The van der Waals surface area contributed by atoms with Gasteiger partial charge in [-0.05, 0) is 6.92 Å². The average molecular weight is 300 g/mol. The second kappa shape index (κ2) is 5.30. The number of β-lactam (4-membered cyclic amide) rings is 1. The van der Waals surface area contributed by atoms with Crippen LogP contribution in [0, 0.1) is 0 Å². The van der Waals surface area contributed by atoms with E-state index >= 15 is 0 Å². The van der Waals surface area contributed by atoms with Gasteiger partial charge in [0.15, 0.2) is 9.84 Å². The molecule has 0 aromatic heterocycles. The van der Waals surface area contributed by atoms with Gasteiger partial charge in [0.1, 0.15) is 10.1 Å². The van der Waals surface area contributed by atoms with Gasteiger partial charge in [0, 0.05) is 6.54 Å². The number of nitrogens with one attached hydrogen (secondary N) is 1. The first-order chi connectivity index (χ1) is 8.27. The number of carboxylic acids is 1. The van der Waals surface area contributed by atoms with Crippen molar-refractivity contribution in [3.63, 3.8) is 0 Å². The third-order valence-corrected chi connectivity index (χ3v) is 6.38. The summed E-state index contributed by atoms with van der Waals surface area (Å²) in [5.74, 6) is -2.06. The van der Waals surface area contributed by atoms with E-state index < -0.39 is 37.9 Å². The maximum Gasteiger partial charge on any atom is 1.00 e. The molecule has 0 bridgehead atoms. The van der Waals surface area contributed by atoms with Gasteiger partial charge in [-0.25, -0.2) is 13.9 Å². The Bertz CT molecular complexity index is 509. The number of hydrogen-bond acceptors (Lipinski definition) is 7. The molecule has 2 saturated heterocycles. The first-order valence-electron chi connectivity index (χ1n) is 5.28. The molecule has 8 nitrogen and oxygen atoms in total. The monoisotopic (exact) mass is 300 g/mol. The third kappa shape index (κ3) is 2.12. The van der Waals surface area contributed by atoms with Gasteiger partial charge in [-0.1, -0.05) is 0 Å². The van der Waals surface area contributed by atoms with Crippen LogP contribution in [0.5, 0.6) is 0 Å². The van der Waals surface area contributed by atoms with Gasteiger partial charge < -0.3 is 19.6 Å². The Labute approximate surface area is 132 Å². The van der Waals surface area contributed by atoms with Crippen LogP contribution < -0.4 is 40.1 Å². The van der Waals surface area contributed by atoms with Gasteiger partial charge in [-0.15, -0.1) is 0 Å². The molecule has 102 valence electrons. The fourth-order valence-corrected chi connectivity index (χ4v) is 4.81. The molecule has 0 unspecified atom stereocenters. The van der Waals surface area contributed by atoms with E-state index in [1.165, 1.54) is 14.0 Å². The van der Waals surface area contributed by atoms with Crippen molar-refractivity contribution in [3.05, 3.63) is 0 Å². The molecule has 0 spiro atoms. The largest absolute Gasteiger partial charge is 1.00 e. The Morgan fingerprint density at radius 3 is 2.63 bits per heavy atom. The number of carbonyl (C=O) groups excluding carboxylic acids is 2. The molecule has 1 N–H and O–H groups in total. The zero-order chi connectivity index (χ0) is 13.7. The number of fused-ring (bicyclic) bond motifs is 1. The zero-order valence-corrected chi connectivity index (χ0v) is 13.7. The van der Waals surface area contributed by atoms with Crippen LogP contribution in [0.4, 0.5) is 0 Å². The summed E-state index contributed by atoms with van der Waals surface area (Å²) < 4.78 is 22.9. The van der Waals surface area contributed by atoms with E-state index in [9.17, 15) is 23.1 Å². The predicted molar refractivity (Wildman–Crippen MR) is 56.4 cm³/mol. The summed E-state index contributed by atoms with van der Waals surface area (Å²) in [4.78, 5) is 28.0. The summed E-state index contributed by atoms with van der Waals surface area (Å²) in [5.41, 5.74) is 2.35. The van der Waals surface area contributed by atoms with Crippen molar-refractivity contribution in [3.8, 4) is 0 Å². The second-order valence-electron chi connectivity index (χ2n) is 4.56. The normalized spacial score (nSPS) is 35.3. The van der Waals surface area contributed by atoms with Gasteiger partial charge in [0.05, 0.1) is 25.5 Å². The summed E-state index contributed by atoms with van der Waals surface area (Å²) in [6, 6.07) is -1.49. The zero-order valence-electron chi connectivity index (χ0n) is 10.9. The first kappa shape index (κ1) is 16.9. The Morgan fingerprint density at radius 1 is 1.63 bits per heavy atom. The van der Waals surface area contributed by atoms with Crippen LogP contribution in [-0.4, -0.2) is 55.0 Å². The minimum Gasteiger partial charge on any atom is -0.548 e. The van der Waals surface area contributed by atoms with Gasteiger partial charge in [0.25, 0.3) is 0 Å². The SMILES string of the molecule is CONC[C@@]1(C)[C@H](C(=O)[O-])N2C(=O)C[C@H]2S1(=O)=O.[Na+]. The molecular formula is C9H13N2NaO6S. The fraction of sp³-hybridized carbons (Fsp3) is 0.778. The van der Waals surface area contributed by atoms with Gasteiger partial charge in [-0.2, -0.15) is 0 Å². The standard InChI is InChI=1S/C9H14N2O6S.Na/c1-9(4-10-17-2)7(8(13)14)11-5(12)3-6(11)18(9,15)16;/h6-7,10H,3-4H2,1-2H3,(H,13,14);/q;+1/p-1/t6-,7+,9+;/m1./s1. The minimum atomic E-state index is -3.79. The maximum atomic E-state index is 12.3. The number of hydroxylamine groups is 1. The van der Waals surface area contributed by atoms with Crippen molar-refractivity contribution in [2.24, 2.45) is 0 Å². The number of rotatable bonds is 4. The molecule has 2 fully saturated rings. The third-order valence-electron chi connectivity index (χ3n) is 3.60. The molecule has 2 aliphatic heterocycles. The number of nitrogens with zero attached hydrogens (tertiary/aromatic N) is 1. The molecular weight excluding hydrogens is 287 g/mol. The average Bonchev–Trinajstić information content (AvgIpc) is 2.41. The van der Waals surface area contributed by atoms with E-state index in [0.29, 0.717) is 0 Å². The van der Waals surface area contributed by atoms with Crippen LogP contribution in [-0.2, 0) is 24.3 Å². The molecule has 19 heavy (non-hydrogen) atoms. The number of aliphatic carboxylic acids is 1. The van der Waals surface area contributed by atoms with Gasteiger partial charge in [0.2, 0.25) is 5.91 Å². The van der Waals surface area contributed by atoms with Crippen LogP contribution in [0.3, 0.4) is 0 Å². The van der Waals surface area contributed by atoms with Gasteiger partial charge in [-0.3, -0.25) is 4.79 Å². The number of sulfone groups is 1. The van der Waals surface area contributed by atoms with E-state index in [-0.39, 0.29) is 42.5 Å². The van der Waals surface area contributed by atoms with Crippen LogP contribution in [0.1, 0.15) is 13.3 Å². The second-order valence-corrected chi connectivity index (χ2v) is 7.13. The van der Waals surface area contributed by atoms with Crippen molar-refractivity contribution in [1.29, 1.82) is 0 Å². The molecule has 0 radical (unpaired) electrons. The van der Waals surface area contributed by atoms with E-state index in [2.05, 4.69) is 10.3 Å². The summed E-state index contributed by atoms with van der Waals surface area (Å²) in [5, 5.41) is 10.1.